The Bertz CT molecular complexity index is 2500. The molecule has 0 spiro atoms. The molecule has 0 amide bonds. The number of amidine groups is 1. The summed E-state index contributed by atoms with van der Waals surface area (Å²) in [4.78, 5) is 7.88. The van der Waals surface area contributed by atoms with Crippen molar-refractivity contribution in [2.45, 2.75) is 13.8 Å². The zero-order valence-corrected chi connectivity index (χ0v) is 35.5. The molecule has 0 N–H and O–H groups in total. The second-order valence-electron chi connectivity index (χ2n) is 17.6. The second-order valence-corrected chi connectivity index (χ2v) is 17.6. The highest BCUT2D eigenvalue weighted by molar-refractivity contribution is 6.89. The van der Waals surface area contributed by atoms with Gasteiger partial charge in [0.05, 0.1) is 60.7 Å². The minimum atomic E-state index is -2.24. The van der Waals surface area contributed by atoms with E-state index in [0.29, 0.717) is 22.1 Å². The molecule has 0 fully saturated rings. The van der Waals surface area contributed by atoms with Crippen LogP contribution in [0.4, 0.5) is 11.5 Å². The highest BCUT2D eigenvalue weighted by Gasteiger charge is 2.50. The summed E-state index contributed by atoms with van der Waals surface area (Å²) in [5.74, 6) is 17.8. The molecule has 7 rings (SSSR count). The number of fused-ring (bicyclic) bond motifs is 2. The maximum Gasteiger partial charge on any atom is 0.434 e. The van der Waals surface area contributed by atoms with Gasteiger partial charge in [0, 0.05) is 36.6 Å². The Kier molecular flexibility index (Phi) is 10.4. The number of anilines is 1. The molecule has 0 aliphatic carbocycles. The predicted octanol–water partition coefficient (Wildman–Crippen LogP) is 7.94. The van der Waals surface area contributed by atoms with Gasteiger partial charge in [0.1, 0.15) is 18.8 Å². The van der Waals surface area contributed by atoms with Gasteiger partial charge in [-0.05, 0) is 84.1 Å². The second kappa shape index (κ2) is 15.1. The zero-order chi connectivity index (χ0) is 40.7. The van der Waals surface area contributed by atoms with E-state index < -0.39 is 6.42 Å². The van der Waals surface area contributed by atoms with Crippen LogP contribution in [0.2, 0.25) is 0 Å². The highest BCUT2D eigenvalue weighted by Crippen LogP contribution is 2.45. The first kappa shape index (κ1) is 39.2. The Morgan fingerprint density at radius 3 is 1.70 bits per heavy atom. The summed E-state index contributed by atoms with van der Waals surface area (Å²) in [7, 11) is 18.9. The lowest BCUT2D eigenvalue weighted by atomic mass is 9.45. The molecule has 4 aromatic carbocycles. The molecule has 2 aliphatic rings. The summed E-state index contributed by atoms with van der Waals surface area (Å²) >= 11 is 0. The summed E-state index contributed by atoms with van der Waals surface area (Å²) in [5.41, 5.74) is 11.9. The van der Waals surface area contributed by atoms with E-state index in [2.05, 4.69) is 205 Å². The first-order chi connectivity index (χ1) is 27.1. The largest absolute Gasteiger partial charge is 0.497 e. The van der Waals surface area contributed by atoms with E-state index in [9.17, 15) is 0 Å². The fourth-order valence-electron chi connectivity index (χ4n) is 7.40. The molecule has 57 heavy (non-hydrogen) atoms. The van der Waals surface area contributed by atoms with Gasteiger partial charge in [0.2, 0.25) is 5.82 Å². The topological polar surface area (TPSA) is 32.8 Å². The maximum atomic E-state index is 5.76. The van der Waals surface area contributed by atoms with Gasteiger partial charge in [-0.3, -0.25) is 0 Å². The summed E-state index contributed by atoms with van der Waals surface area (Å²) in [6.07, 6.45) is 0.0619. The van der Waals surface area contributed by atoms with E-state index in [0.717, 1.165) is 67.9 Å². The SMILES string of the molecule is COc1ccc(-c2cc(-c3ccc(N(C)C)cc3)c3n2[B-](C#CC[N+](C)(C)C)(C#CC[N+](C)(C)C)[N+]2=C(c4ccc(C)cc4)C=C(c4ccc(C)cc4)C2=N3)cc1. The Labute approximate surface area is 340 Å². The van der Waals surface area contributed by atoms with Crippen molar-refractivity contribution in [3.8, 4) is 51.6 Å². The lowest BCUT2D eigenvalue weighted by Crippen LogP contribution is -2.58. The van der Waals surface area contributed by atoms with Gasteiger partial charge in [-0.2, -0.15) is 0 Å². The number of aliphatic imine (C=N–C) groups is 1. The van der Waals surface area contributed by atoms with Crippen LogP contribution in [0, 0.1) is 37.3 Å². The molecule has 5 aromatic rings. The van der Waals surface area contributed by atoms with Crippen molar-refractivity contribution in [1.29, 1.82) is 0 Å². The van der Waals surface area contributed by atoms with Crippen molar-refractivity contribution in [3.05, 3.63) is 131 Å². The molecule has 3 heterocycles. The molecule has 0 bridgehead atoms. The first-order valence-corrected chi connectivity index (χ1v) is 19.6. The smallest absolute Gasteiger partial charge is 0.434 e. The third-order valence-electron chi connectivity index (χ3n) is 10.5. The lowest BCUT2D eigenvalue weighted by molar-refractivity contribution is -0.862. The molecular formula is C49H55BN6O+2. The molecule has 0 unspecified atom stereocenters. The first-order valence-electron chi connectivity index (χ1n) is 19.6. The van der Waals surface area contributed by atoms with Crippen LogP contribution in [-0.4, -0.2) is 112 Å². The number of ether oxygens (including phenoxy) is 1. The van der Waals surface area contributed by atoms with Crippen molar-refractivity contribution < 1.29 is 18.2 Å². The number of aromatic nitrogens is 1. The van der Waals surface area contributed by atoms with E-state index in [1.165, 1.54) is 11.1 Å². The summed E-state index contributed by atoms with van der Waals surface area (Å²) in [5, 5.41) is 0. The Hall–Kier alpha value is -6.06. The van der Waals surface area contributed by atoms with Gasteiger partial charge in [0.25, 0.3) is 5.84 Å². The van der Waals surface area contributed by atoms with Crippen molar-refractivity contribution >= 4 is 35.0 Å². The van der Waals surface area contributed by atoms with Crippen molar-refractivity contribution in [2.75, 3.05) is 81.5 Å². The predicted molar refractivity (Wildman–Crippen MR) is 240 cm³/mol. The minimum absolute atomic E-state index is 0.645. The molecule has 288 valence electrons. The number of hydrogen-bond donors (Lipinski definition) is 0. The fraction of sp³-hybridized carbons (Fsp3) is 0.265. The number of quaternary nitrogens is 2. The third-order valence-corrected chi connectivity index (χ3v) is 10.5. The monoisotopic (exact) mass is 754 g/mol. The molecule has 2 aliphatic heterocycles. The number of methoxy groups -OCH3 is 1. The van der Waals surface area contributed by atoms with Crippen LogP contribution in [0.1, 0.15) is 22.3 Å². The van der Waals surface area contributed by atoms with E-state index in [4.69, 9.17) is 9.73 Å². The number of aryl methyl sites for hydroxylation is 2. The maximum absolute atomic E-state index is 5.76. The number of nitrogens with zero attached hydrogens (tertiary/aromatic N) is 6. The molecule has 1 aromatic heterocycles. The van der Waals surface area contributed by atoms with E-state index >= 15 is 0 Å². The Morgan fingerprint density at radius 1 is 0.684 bits per heavy atom. The summed E-state index contributed by atoms with van der Waals surface area (Å²) in [6.45, 7) is 5.55. The van der Waals surface area contributed by atoms with Crippen LogP contribution in [0.3, 0.4) is 0 Å². The van der Waals surface area contributed by atoms with Crippen LogP contribution in [0.15, 0.2) is 114 Å². The van der Waals surface area contributed by atoms with Crippen molar-refractivity contribution in [1.82, 2.24) is 4.48 Å². The molecule has 0 atom stereocenters. The van der Waals surface area contributed by atoms with E-state index in [1.807, 2.05) is 12.1 Å². The fourth-order valence-corrected chi connectivity index (χ4v) is 7.40. The van der Waals surface area contributed by atoms with Gasteiger partial charge >= 0.3 is 6.42 Å². The Balaban J connectivity index is 1.67. The normalized spacial score (nSPS) is 14.4. The summed E-state index contributed by atoms with van der Waals surface area (Å²) in [6, 6.07) is 36.9. The molecule has 0 radical (unpaired) electrons. The molecule has 0 saturated carbocycles. The number of rotatable bonds is 8. The zero-order valence-electron chi connectivity index (χ0n) is 35.5. The van der Waals surface area contributed by atoms with Crippen molar-refractivity contribution in [2.24, 2.45) is 4.99 Å². The summed E-state index contributed by atoms with van der Waals surface area (Å²) < 4.78 is 11.8. The molecule has 8 heteroatoms. The van der Waals surface area contributed by atoms with Gasteiger partial charge in [0.15, 0.2) is 0 Å². The van der Waals surface area contributed by atoms with Crippen LogP contribution < -0.4 is 9.64 Å². The molecule has 0 saturated heterocycles. The van der Waals surface area contributed by atoms with Crippen LogP contribution >= 0.6 is 0 Å². The van der Waals surface area contributed by atoms with Crippen molar-refractivity contribution in [3.63, 3.8) is 0 Å². The quantitative estimate of drug-likeness (QED) is 0.0917. The third kappa shape index (κ3) is 7.98. The van der Waals surface area contributed by atoms with Gasteiger partial charge in [-0.15, -0.1) is 0 Å². The van der Waals surface area contributed by atoms with Gasteiger partial charge in [-0.25, -0.2) is 11.6 Å². The highest BCUT2D eigenvalue weighted by atomic mass is 16.5. The van der Waals surface area contributed by atoms with E-state index in [1.54, 1.807) is 7.11 Å². The van der Waals surface area contributed by atoms with Crippen LogP contribution in [0.25, 0.3) is 28.0 Å². The van der Waals surface area contributed by atoms with Crippen LogP contribution in [-0.2, 0) is 0 Å². The lowest BCUT2D eigenvalue weighted by Gasteiger charge is -2.38. The molecular weight excluding hydrogens is 699 g/mol. The number of hydrogen-bond acceptors (Lipinski definition) is 3. The van der Waals surface area contributed by atoms with E-state index in [-0.39, 0.29) is 0 Å². The molecule has 7 nitrogen and oxygen atoms in total. The van der Waals surface area contributed by atoms with Gasteiger partial charge in [-0.1, -0.05) is 83.6 Å². The Morgan fingerprint density at radius 2 is 1.19 bits per heavy atom. The average Bonchev–Trinajstić information content (AvgIpc) is 3.75. The van der Waals surface area contributed by atoms with Gasteiger partial charge < -0.3 is 27.6 Å². The van der Waals surface area contributed by atoms with Crippen LogP contribution in [0.5, 0.6) is 5.75 Å². The standard InChI is InChI=1S/C49H55BN6O/c1-36-14-18-38(19-15-36)44-34-46(40-20-16-37(2)17-21-40)53-48(44)51-49-45(39-22-26-42(27-23-39)52(3)4)35-47(41-24-28-43(57-11)29-25-41)54(49)50(53,30-12-32-55(5,6)7)31-13-33-56(8,9)10/h14-29,34-35H,32-33H2,1-11H3/q+2. The number of allylic oxidation sites excluding steroid dienone is 1. The average molecular weight is 755 g/mol. The number of benzene rings is 4. The minimum Gasteiger partial charge on any atom is -0.497 e.